The van der Waals surface area contributed by atoms with Crippen LogP contribution in [0.5, 0.6) is 5.75 Å². The van der Waals surface area contributed by atoms with Crippen molar-refractivity contribution in [1.29, 1.82) is 0 Å². The smallest absolute Gasteiger partial charge is 0.148 e. The van der Waals surface area contributed by atoms with Gasteiger partial charge in [-0.25, -0.2) is 9.97 Å². The first kappa shape index (κ1) is 29.2. The largest absolute Gasteiger partial charge is 0.507 e. The molecule has 5 nitrogen and oxygen atoms in total. The van der Waals surface area contributed by atoms with Crippen molar-refractivity contribution in [3.05, 3.63) is 180 Å². The van der Waals surface area contributed by atoms with Gasteiger partial charge in [0.25, 0.3) is 0 Å². The number of aromatic hydroxyl groups is 1. The molecule has 0 saturated heterocycles. The molecule has 0 bridgehead atoms. The Kier molecular flexibility index (Phi) is 7.63. The van der Waals surface area contributed by atoms with Crippen molar-refractivity contribution in [1.82, 2.24) is 19.1 Å². The van der Waals surface area contributed by atoms with Crippen LogP contribution in [0.25, 0.3) is 50.6 Å². The molecule has 0 amide bonds. The Bertz CT molecular complexity index is 2360. The van der Waals surface area contributed by atoms with Gasteiger partial charge in [-0.15, -0.1) is 0 Å². The van der Waals surface area contributed by atoms with Crippen molar-refractivity contribution < 1.29 is 5.11 Å². The molecule has 232 valence electrons. The van der Waals surface area contributed by atoms with Crippen molar-refractivity contribution in [2.45, 2.75) is 12.8 Å². The lowest BCUT2D eigenvalue weighted by Crippen LogP contribution is -2.01. The summed E-state index contributed by atoms with van der Waals surface area (Å²) in [6.07, 6.45) is 5.02. The molecule has 0 unspecified atom stereocenters. The molecule has 6 aromatic carbocycles. The number of fused-ring (bicyclic) bond motifs is 1. The minimum Gasteiger partial charge on any atom is -0.507 e. The van der Waals surface area contributed by atoms with Crippen molar-refractivity contribution in [3.63, 3.8) is 0 Å². The van der Waals surface area contributed by atoms with Gasteiger partial charge in [0.2, 0.25) is 0 Å². The molecule has 0 saturated carbocycles. The Hall–Kier alpha value is -6.20. The third kappa shape index (κ3) is 5.46. The van der Waals surface area contributed by atoms with Gasteiger partial charge in [-0.3, -0.25) is 4.57 Å². The van der Waals surface area contributed by atoms with E-state index in [-0.39, 0.29) is 5.75 Å². The highest BCUT2D eigenvalue weighted by molar-refractivity contribution is 5.84. The highest BCUT2D eigenvalue weighted by atomic mass is 16.3. The van der Waals surface area contributed by atoms with Crippen molar-refractivity contribution in [2.24, 2.45) is 7.05 Å². The minimum absolute atomic E-state index is 0.243. The van der Waals surface area contributed by atoms with Crippen molar-refractivity contribution >= 4 is 11.0 Å². The predicted octanol–water partition coefficient (Wildman–Crippen LogP) is 9.65. The first-order valence-electron chi connectivity index (χ1n) is 16.2. The molecular formula is C43H34N4O. The second-order valence-electron chi connectivity index (χ2n) is 12.1. The van der Waals surface area contributed by atoms with Gasteiger partial charge in [0.1, 0.15) is 17.4 Å². The van der Waals surface area contributed by atoms with Crippen LogP contribution >= 0.6 is 0 Å². The lowest BCUT2D eigenvalue weighted by Gasteiger charge is -2.16. The second kappa shape index (κ2) is 12.5. The van der Waals surface area contributed by atoms with Crippen LogP contribution in [0.2, 0.25) is 0 Å². The number of aromatic nitrogens is 4. The molecule has 0 radical (unpaired) electrons. The molecule has 8 rings (SSSR count). The summed E-state index contributed by atoms with van der Waals surface area (Å²) in [6, 6.07) is 49.9. The van der Waals surface area contributed by atoms with E-state index in [1.807, 2.05) is 71.4 Å². The number of imidazole rings is 2. The summed E-state index contributed by atoms with van der Waals surface area (Å²) in [5, 5.41) is 12.0. The number of benzene rings is 6. The van der Waals surface area contributed by atoms with E-state index >= 15 is 0 Å². The standard InChI is InChI=1S/C43H34N4O/c1-46-39-23-13-20-34(40(39)45-42(46)31-16-7-3-8-17-31)26-32-18-11-12-19-33(32)27-36-28-35(30-14-5-2-6-15-30)29-38(41(36)48)43-44-24-25-47(43)37-21-9-4-10-22-37/h2-25,28-29,48H,26-27H2,1H3. The predicted molar refractivity (Wildman–Crippen MR) is 194 cm³/mol. The molecule has 8 aromatic rings. The monoisotopic (exact) mass is 622 g/mol. The summed E-state index contributed by atoms with van der Waals surface area (Å²) in [5.74, 6) is 1.89. The van der Waals surface area contributed by atoms with Crippen LogP contribution in [-0.4, -0.2) is 24.2 Å². The minimum atomic E-state index is 0.243. The Morgan fingerprint density at radius 1 is 0.562 bits per heavy atom. The number of aryl methyl sites for hydroxylation is 1. The molecule has 0 aliphatic heterocycles. The van der Waals surface area contributed by atoms with E-state index in [0.29, 0.717) is 17.8 Å². The maximum absolute atomic E-state index is 12.0. The van der Waals surface area contributed by atoms with E-state index in [9.17, 15) is 5.11 Å². The van der Waals surface area contributed by atoms with Gasteiger partial charge in [0, 0.05) is 37.1 Å². The summed E-state index contributed by atoms with van der Waals surface area (Å²) in [6.45, 7) is 0. The maximum atomic E-state index is 12.0. The lowest BCUT2D eigenvalue weighted by atomic mass is 9.91. The van der Waals surface area contributed by atoms with Crippen LogP contribution in [0.15, 0.2) is 158 Å². The lowest BCUT2D eigenvalue weighted by molar-refractivity contribution is 0.471. The van der Waals surface area contributed by atoms with Crippen molar-refractivity contribution in [3.8, 4) is 45.3 Å². The third-order valence-corrected chi connectivity index (χ3v) is 9.12. The quantitative estimate of drug-likeness (QED) is 0.184. The molecule has 5 heteroatoms. The molecule has 0 fully saturated rings. The van der Waals surface area contributed by atoms with Crippen LogP contribution in [0.3, 0.4) is 0 Å². The van der Waals surface area contributed by atoms with Gasteiger partial charge < -0.3 is 9.67 Å². The van der Waals surface area contributed by atoms with Gasteiger partial charge in [-0.1, -0.05) is 115 Å². The zero-order valence-corrected chi connectivity index (χ0v) is 26.7. The molecular weight excluding hydrogens is 589 g/mol. The number of para-hydroxylation sites is 2. The van der Waals surface area contributed by atoms with Crippen LogP contribution in [0.1, 0.15) is 22.3 Å². The molecule has 48 heavy (non-hydrogen) atoms. The maximum Gasteiger partial charge on any atom is 0.148 e. The number of hydrogen-bond donors (Lipinski definition) is 1. The van der Waals surface area contributed by atoms with Crippen LogP contribution in [-0.2, 0) is 19.9 Å². The molecule has 2 aromatic heterocycles. The third-order valence-electron chi connectivity index (χ3n) is 9.12. The molecule has 0 spiro atoms. The van der Waals surface area contributed by atoms with E-state index < -0.39 is 0 Å². The fourth-order valence-electron chi connectivity index (χ4n) is 6.67. The van der Waals surface area contributed by atoms with Gasteiger partial charge in [0.05, 0.1) is 16.6 Å². The van der Waals surface area contributed by atoms with E-state index in [1.165, 1.54) is 11.1 Å². The Morgan fingerprint density at radius 3 is 1.88 bits per heavy atom. The van der Waals surface area contributed by atoms with Gasteiger partial charge in [0.15, 0.2) is 0 Å². The fourth-order valence-corrected chi connectivity index (χ4v) is 6.67. The normalized spacial score (nSPS) is 11.3. The zero-order valence-electron chi connectivity index (χ0n) is 26.7. The molecule has 0 aliphatic carbocycles. The first-order valence-corrected chi connectivity index (χ1v) is 16.2. The van der Waals surface area contributed by atoms with E-state index in [1.54, 1.807) is 6.20 Å². The number of nitrogens with zero attached hydrogens (tertiary/aromatic N) is 4. The zero-order chi connectivity index (χ0) is 32.5. The van der Waals surface area contributed by atoms with Crippen molar-refractivity contribution in [2.75, 3.05) is 0 Å². The number of phenols is 1. The molecule has 0 aliphatic rings. The molecule has 2 heterocycles. The highest BCUT2D eigenvalue weighted by Gasteiger charge is 2.19. The average Bonchev–Trinajstić information content (AvgIpc) is 3.76. The summed E-state index contributed by atoms with van der Waals surface area (Å²) in [7, 11) is 2.08. The van der Waals surface area contributed by atoms with Gasteiger partial charge >= 0.3 is 0 Å². The number of hydrogen-bond acceptors (Lipinski definition) is 3. The van der Waals surface area contributed by atoms with E-state index in [2.05, 4.69) is 96.5 Å². The summed E-state index contributed by atoms with van der Waals surface area (Å²) in [4.78, 5) is 9.87. The Balaban J connectivity index is 1.21. The SMILES string of the molecule is Cn1c(-c2ccccc2)nc2c(Cc3ccccc3Cc3cc(-c4ccccc4)cc(-c4nccn4-c4ccccc4)c3O)cccc21. The van der Waals surface area contributed by atoms with Gasteiger partial charge in [-0.05, 0) is 70.1 Å². The highest BCUT2D eigenvalue weighted by Crippen LogP contribution is 2.39. The Morgan fingerprint density at radius 2 is 1.17 bits per heavy atom. The van der Waals surface area contributed by atoms with E-state index in [0.717, 1.165) is 56.8 Å². The Labute approximate surface area is 280 Å². The summed E-state index contributed by atoms with van der Waals surface area (Å²) < 4.78 is 4.20. The number of phenolic OH excluding ortho intramolecular Hbond substituents is 1. The fraction of sp³-hybridized carbons (Fsp3) is 0.0698. The van der Waals surface area contributed by atoms with Crippen LogP contribution in [0.4, 0.5) is 0 Å². The van der Waals surface area contributed by atoms with Crippen LogP contribution < -0.4 is 0 Å². The van der Waals surface area contributed by atoms with Gasteiger partial charge in [-0.2, -0.15) is 0 Å². The first-order chi connectivity index (χ1) is 23.6. The van der Waals surface area contributed by atoms with Crippen LogP contribution in [0, 0.1) is 0 Å². The topological polar surface area (TPSA) is 55.9 Å². The average molecular weight is 623 g/mol. The van der Waals surface area contributed by atoms with E-state index in [4.69, 9.17) is 9.97 Å². The summed E-state index contributed by atoms with van der Waals surface area (Å²) in [5.41, 5.74) is 11.4. The number of rotatable bonds is 8. The molecule has 1 N–H and O–H groups in total. The molecule has 0 atom stereocenters. The second-order valence-corrected chi connectivity index (χ2v) is 12.1. The summed E-state index contributed by atoms with van der Waals surface area (Å²) >= 11 is 0.